The fraction of sp³-hybridized carbons (Fsp3) is 0.308. The van der Waals surface area contributed by atoms with E-state index in [0.717, 1.165) is 24.5 Å². The summed E-state index contributed by atoms with van der Waals surface area (Å²) in [5.74, 6) is 0.0124. The van der Waals surface area contributed by atoms with Gasteiger partial charge in [-0.15, -0.1) is 0 Å². The van der Waals surface area contributed by atoms with Crippen LogP contribution in [0.3, 0.4) is 0 Å². The molecule has 0 saturated carbocycles. The van der Waals surface area contributed by atoms with Crippen LogP contribution in [-0.4, -0.2) is 5.11 Å². The van der Waals surface area contributed by atoms with Crippen LogP contribution >= 0.6 is 0 Å². The quantitative estimate of drug-likeness (QED) is 0.788. The molecule has 0 bridgehead atoms. The molecule has 0 atom stereocenters. The highest BCUT2D eigenvalue weighted by molar-refractivity contribution is 5.87. The molecule has 0 amide bonds. The summed E-state index contributed by atoms with van der Waals surface area (Å²) in [5, 5.41) is 10.5. The van der Waals surface area contributed by atoms with Crippen molar-refractivity contribution in [2.75, 3.05) is 0 Å². The molecule has 1 aromatic heterocycles. The minimum atomic E-state index is -0.517. The standard InChI is InChI=1S/C13H14O3/c1-3-8-5-6-11-13(9(8)4-2)10(14)7-12(15)16-11/h5-7,14H,3-4H2,1-2H3. The molecule has 0 radical (unpaired) electrons. The Balaban J connectivity index is 2.92. The lowest BCUT2D eigenvalue weighted by Crippen LogP contribution is -1.99. The lowest BCUT2D eigenvalue weighted by Gasteiger charge is -2.09. The van der Waals surface area contributed by atoms with Crippen LogP contribution in [-0.2, 0) is 12.8 Å². The van der Waals surface area contributed by atoms with E-state index in [0.29, 0.717) is 11.0 Å². The molecule has 3 nitrogen and oxygen atoms in total. The van der Waals surface area contributed by atoms with E-state index in [2.05, 4.69) is 6.92 Å². The summed E-state index contributed by atoms with van der Waals surface area (Å²) in [7, 11) is 0. The Morgan fingerprint density at radius 1 is 1.25 bits per heavy atom. The van der Waals surface area contributed by atoms with Crippen LogP contribution in [0.2, 0.25) is 0 Å². The maximum atomic E-state index is 11.1. The Bertz CT molecular complexity index is 581. The van der Waals surface area contributed by atoms with Gasteiger partial charge in [0.25, 0.3) is 0 Å². The van der Waals surface area contributed by atoms with Gasteiger partial charge in [0.1, 0.15) is 11.3 Å². The number of fused-ring (bicyclic) bond motifs is 1. The zero-order valence-electron chi connectivity index (χ0n) is 9.41. The largest absolute Gasteiger partial charge is 0.507 e. The Morgan fingerprint density at radius 2 is 2.00 bits per heavy atom. The minimum absolute atomic E-state index is 0.0124. The molecule has 0 spiro atoms. The van der Waals surface area contributed by atoms with Crippen LogP contribution in [0.5, 0.6) is 5.75 Å². The fourth-order valence-corrected chi connectivity index (χ4v) is 2.09. The van der Waals surface area contributed by atoms with Crippen molar-refractivity contribution in [2.45, 2.75) is 26.7 Å². The Hall–Kier alpha value is -1.77. The first-order chi connectivity index (χ1) is 7.67. The van der Waals surface area contributed by atoms with Crippen molar-refractivity contribution in [1.29, 1.82) is 0 Å². The van der Waals surface area contributed by atoms with Gasteiger partial charge in [-0.2, -0.15) is 0 Å². The molecule has 0 unspecified atom stereocenters. The van der Waals surface area contributed by atoms with Crippen molar-refractivity contribution in [3.8, 4) is 5.75 Å². The molecule has 0 fully saturated rings. The van der Waals surface area contributed by atoms with Gasteiger partial charge >= 0.3 is 5.63 Å². The van der Waals surface area contributed by atoms with Gasteiger partial charge < -0.3 is 9.52 Å². The van der Waals surface area contributed by atoms with Crippen molar-refractivity contribution in [3.63, 3.8) is 0 Å². The fourth-order valence-electron chi connectivity index (χ4n) is 2.09. The first-order valence-electron chi connectivity index (χ1n) is 5.45. The van der Waals surface area contributed by atoms with Crippen LogP contribution in [0.15, 0.2) is 27.4 Å². The summed E-state index contributed by atoms with van der Waals surface area (Å²) in [5.41, 5.74) is 2.18. The first-order valence-corrected chi connectivity index (χ1v) is 5.45. The van der Waals surface area contributed by atoms with E-state index in [9.17, 15) is 9.90 Å². The molecule has 0 aliphatic heterocycles. The number of benzene rings is 1. The van der Waals surface area contributed by atoms with E-state index in [4.69, 9.17) is 4.42 Å². The van der Waals surface area contributed by atoms with Gasteiger partial charge in [0.15, 0.2) is 0 Å². The smallest absolute Gasteiger partial charge is 0.339 e. The van der Waals surface area contributed by atoms with E-state index in [1.165, 1.54) is 5.56 Å². The van der Waals surface area contributed by atoms with Crippen LogP contribution in [0.25, 0.3) is 11.0 Å². The third kappa shape index (κ3) is 1.58. The van der Waals surface area contributed by atoms with Gasteiger partial charge in [-0.05, 0) is 30.0 Å². The van der Waals surface area contributed by atoms with E-state index < -0.39 is 5.63 Å². The SMILES string of the molecule is CCc1ccc2oc(=O)cc(O)c2c1CC. The minimum Gasteiger partial charge on any atom is -0.507 e. The van der Waals surface area contributed by atoms with Crippen LogP contribution in [0, 0.1) is 0 Å². The second kappa shape index (κ2) is 4.00. The van der Waals surface area contributed by atoms with Gasteiger partial charge in [0.2, 0.25) is 0 Å². The summed E-state index contributed by atoms with van der Waals surface area (Å²) < 4.78 is 5.07. The number of hydrogen-bond acceptors (Lipinski definition) is 3. The lowest BCUT2D eigenvalue weighted by molar-refractivity contribution is 0.467. The zero-order chi connectivity index (χ0) is 11.7. The summed E-state index contributed by atoms with van der Waals surface area (Å²) >= 11 is 0. The van der Waals surface area contributed by atoms with Crippen LogP contribution < -0.4 is 5.63 Å². The molecule has 1 aromatic carbocycles. The molecule has 16 heavy (non-hydrogen) atoms. The Labute approximate surface area is 93.3 Å². The van der Waals surface area contributed by atoms with Gasteiger partial charge in [0.05, 0.1) is 11.5 Å². The van der Waals surface area contributed by atoms with E-state index >= 15 is 0 Å². The van der Waals surface area contributed by atoms with E-state index in [-0.39, 0.29) is 5.75 Å². The molecule has 0 aliphatic rings. The normalized spacial score (nSPS) is 10.9. The van der Waals surface area contributed by atoms with Crippen molar-refractivity contribution in [2.24, 2.45) is 0 Å². The highest BCUT2D eigenvalue weighted by Crippen LogP contribution is 2.29. The average molecular weight is 218 g/mol. The lowest BCUT2D eigenvalue weighted by atomic mass is 9.98. The van der Waals surface area contributed by atoms with Gasteiger partial charge in [-0.3, -0.25) is 0 Å². The third-order valence-corrected chi connectivity index (χ3v) is 2.83. The molecule has 0 saturated heterocycles. The molecule has 1 N–H and O–H groups in total. The van der Waals surface area contributed by atoms with Crippen molar-refractivity contribution in [1.82, 2.24) is 0 Å². The Morgan fingerprint density at radius 3 is 2.62 bits per heavy atom. The maximum Gasteiger partial charge on any atom is 0.339 e. The summed E-state index contributed by atoms with van der Waals surface area (Å²) in [4.78, 5) is 11.1. The number of hydrogen-bond donors (Lipinski definition) is 1. The van der Waals surface area contributed by atoms with Gasteiger partial charge in [-0.25, -0.2) is 4.79 Å². The molecular weight excluding hydrogens is 204 g/mol. The monoisotopic (exact) mass is 218 g/mol. The number of rotatable bonds is 2. The van der Waals surface area contributed by atoms with E-state index in [1.54, 1.807) is 6.07 Å². The molecule has 1 heterocycles. The number of aryl methyl sites for hydroxylation is 2. The van der Waals surface area contributed by atoms with Crippen LogP contribution in [0.1, 0.15) is 25.0 Å². The maximum absolute atomic E-state index is 11.1. The molecular formula is C13H14O3. The summed E-state index contributed by atoms with van der Waals surface area (Å²) in [6.07, 6.45) is 1.71. The van der Waals surface area contributed by atoms with Crippen molar-refractivity contribution >= 4 is 11.0 Å². The highest BCUT2D eigenvalue weighted by Gasteiger charge is 2.11. The second-order valence-electron chi connectivity index (χ2n) is 3.73. The predicted octanol–water partition coefficient (Wildman–Crippen LogP) is 2.62. The van der Waals surface area contributed by atoms with Gasteiger partial charge in [-0.1, -0.05) is 19.9 Å². The van der Waals surface area contributed by atoms with Crippen molar-refractivity contribution in [3.05, 3.63) is 39.7 Å². The highest BCUT2D eigenvalue weighted by atomic mass is 16.4. The molecule has 84 valence electrons. The van der Waals surface area contributed by atoms with Crippen molar-refractivity contribution < 1.29 is 9.52 Å². The summed E-state index contributed by atoms with van der Waals surface area (Å²) in [6.45, 7) is 4.09. The van der Waals surface area contributed by atoms with Gasteiger partial charge in [0, 0.05) is 0 Å². The second-order valence-corrected chi connectivity index (χ2v) is 3.73. The topological polar surface area (TPSA) is 50.4 Å². The molecule has 3 heteroatoms. The average Bonchev–Trinajstić information content (AvgIpc) is 2.27. The van der Waals surface area contributed by atoms with Crippen LogP contribution in [0.4, 0.5) is 0 Å². The third-order valence-electron chi connectivity index (χ3n) is 2.83. The predicted molar refractivity (Wildman–Crippen MR) is 62.9 cm³/mol. The number of aromatic hydroxyl groups is 1. The zero-order valence-corrected chi connectivity index (χ0v) is 9.41. The Kier molecular flexibility index (Phi) is 2.69. The molecule has 0 aliphatic carbocycles. The molecule has 2 aromatic rings. The van der Waals surface area contributed by atoms with E-state index in [1.807, 2.05) is 13.0 Å². The first kappa shape index (κ1) is 10.7. The summed E-state index contributed by atoms with van der Waals surface area (Å²) in [6, 6.07) is 4.82. The molecule has 2 rings (SSSR count).